The van der Waals surface area contributed by atoms with Crippen molar-refractivity contribution in [2.24, 2.45) is 0 Å². The topological polar surface area (TPSA) is 78.9 Å². The van der Waals surface area contributed by atoms with Crippen LogP contribution in [0.25, 0.3) is 0 Å². The number of esters is 3. The molecule has 0 amide bonds. The summed E-state index contributed by atoms with van der Waals surface area (Å²) in [6.45, 7) is 6.49. The van der Waals surface area contributed by atoms with Crippen LogP contribution in [0.15, 0.2) is 85.1 Å². The molecule has 0 bridgehead atoms. The van der Waals surface area contributed by atoms with Gasteiger partial charge in [-0.15, -0.1) is 0 Å². The number of hydrogen-bond donors (Lipinski definition) is 0. The molecule has 0 rings (SSSR count). The minimum atomic E-state index is -0.793. The van der Waals surface area contributed by atoms with Crippen molar-refractivity contribution in [3.05, 3.63) is 85.1 Å². The van der Waals surface area contributed by atoms with Gasteiger partial charge in [-0.1, -0.05) is 221 Å². The third kappa shape index (κ3) is 53.5. The third-order valence-corrected chi connectivity index (χ3v) is 12.1. The van der Waals surface area contributed by atoms with E-state index in [2.05, 4.69) is 106 Å². The second kappa shape index (κ2) is 56.2. The molecule has 0 N–H and O–H groups in total. The van der Waals surface area contributed by atoms with Crippen molar-refractivity contribution in [2.75, 3.05) is 13.2 Å². The zero-order valence-corrected chi connectivity index (χ0v) is 44.6. The molecule has 0 radical (unpaired) electrons. The van der Waals surface area contributed by atoms with Gasteiger partial charge in [0.1, 0.15) is 13.2 Å². The molecule has 0 saturated carbocycles. The van der Waals surface area contributed by atoms with E-state index >= 15 is 0 Å². The number of hydrogen-bond acceptors (Lipinski definition) is 6. The Balaban J connectivity index is 4.42. The summed E-state index contributed by atoms with van der Waals surface area (Å²) >= 11 is 0. The second-order valence-corrected chi connectivity index (χ2v) is 18.8. The first-order valence-electron chi connectivity index (χ1n) is 28.6. The molecular formula is C62H106O6. The number of unbranched alkanes of at least 4 members (excludes halogenated alkanes) is 26. The molecule has 0 aliphatic rings. The highest BCUT2D eigenvalue weighted by Gasteiger charge is 2.19. The Labute approximate surface area is 420 Å². The van der Waals surface area contributed by atoms with Crippen LogP contribution in [0.5, 0.6) is 0 Å². The van der Waals surface area contributed by atoms with Gasteiger partial charge in [-0.25, -0.2) is 0 Å². The molecule has 6 heteroatoms. The quantitative estimate of drug-likeness (QED) is 0.0262. The molecule has 0 fully saturated rings. The Kier molecular flexibility index (Phi) is 53.4. The molecule has 68 heavy (non-hydrogen) atoms. The monoisotopic (exact) mass is 947 g/mol. The van der Waals surface area contributed by atoms with Gasteiger partial charge in [-0.3, -0.25) is 14.4 Å². The fourth-order valence-electron chi connectivity index (χ4n) is 7.81. The maximum Gasteiger partial charge on any atom is 0.306 e. The lowest BCUT2D eigenvalue weighted by Gasteiger charge is -2.18. The third-order valence-electron chi connectivity index (χ3n) is 12.1. The van der Waals surface area contributed by atoms with Crippen molar-refractivity contribution in [3.8, 4) is 0 Å². The van der Waals surface area contributed by atoms with Crippen LogP contribution >= 0.6 is 0 Å². The lowest BCUT2D eigenvalue weighted by molar-refractivity contribution is -0.167. The Morgan fingerprint density at radius 2 is 0.574 bits per heavy atom. The maximum absolute atomic E-state index is 12.8. The highest BCUT2D eigenvalue weighted by molar-refractivity contribution is 5.71. The summed E-state index contributed by atoms with van der Waals surface area (Å²) < 4.78 is 16.8. The average molecular weight is 948 g/mol. The van der Waals surface area contributed by atoms with Crippen molar-refractivity contribution >= 4 is 17.9 Å². The van der Waals surface area contributed by atoms with Crippen molar-refractivity contribution in [2.45, 2.75) is 277 Å². The first-order chi connectivity index (χ1) is 33.5. The highest BCUT2D eigenvalue weighted by atomic mass is 16.6. The summed E-state index contributed by atoms with van der Waals surface area (Å²) in [4.78, 5) is 38.1. The molecule has 0 aromatic carbocycles. The van der Waals surface area contributed by atoms with Gasteiger partial charge in [0.05, 0.1) is 0 Å². The van der Waals surface area contributed by atoms with Crippen molar-refractivity contribution in [3.63, 3.8) is 0 Å². The molecule has 0 aromatic rings. The normalized spacial score (nSPS) is 12.7. The summed E-state index contributed by atoms with van der Waals surface area (Å²) in [6, 6.07) is 0. The number of carbonyl (C=O) groups excluding carboxylic acids is 3. The van der Waals surface area contributed by atoms with Crippen LogP contribution in [0.3, 0.4) is 0 Å². The van der Waals surface area contributed by atoms with Crippen LogP contribution in [-0.4, -0.2) is 37.2 Å². The van der Waals surface area contributed by atoms with Crippen LogP contribution in [0.2, 0.25) is 0 Å². The summed E-state index contributed by atoms with van der Waals surface area (Å²) in [5, 5.41) is 0. The van der Waals surface area contributed by atoms with Gasteiger partial charge in [-0.2, -0.15) is 0 Å². The van der Waals surface area contributed by atoms with Crippen LogP contribution in [0, 0.1) is 0 Å². The number of ether oxygens (including phenoxy) is 3. The van der Waals surface area contributed by atoms with Crippen LogP contribution < -0.4 is 0 Å². The molecule has 390 valence electrons. The molecule has 0 aromatic heterocycles. The Morgan fingerprint density at radius 1 is 0.309 bits per heavy atom. The van der Waals surface area contributed by atoms with E-state index in [1.807, 2.05) is 0 Å². The minimum absolute atomic E-state index is 0.0902. The molecule has 1 atom stereocenters. The summed E-state index contributed by atoms with van der Waals surface area (Å²) in [5.41, 5.74) is 0. The largest absolute Gasteiger partial charge is 0.462 e. The van der Waals surface area contributed by atoms with E-state index < -0.39 is 6.10 Å². The molecular weight excluding hydrogens is 841 g/mol. The van der Waals surface area contributed by atoms with E-state index in [-0.39, 0.29) is 31.1 Å². The lowest BCUT2D eigenvalue weighted by Crippen LogP contribution is -2.30. The standard InChI is InChI=1S/C62H106O6/c1-4-7-10-13-16-19-22-25-28-29-30-31-32-33-35-37-40-43-46-49-52-55-61(64)67-58-59(57-66-60(63)54-51-48-45-42-39-36-27-24-21-18-15-12-9-6-3)68-62(65)56-53-50-47-44-41-38-34-26-23-20-17-14-11-8-5-2/h7,10,16,19,24-28,30-31,33-35,59H,4-6,8-9,11-15,17-18,20-23,29,32,36-58H2,1-3H3/b10-7-,19-16-,27-24-,28-25-,31-30-,34-26-,35-33-. The first-order valence-corrected chi connectivity index (χ1v) is 28.6. The van der Waals surface area contributed by atoms with Crippen LogP contribution in [0.1, 0.15) is 271 Å². The predicted octanol–water partition coefficient (Wildman–Crippen LogP) is 19.2. The highest BCUT2D eigenvalue weighted by Crippen LogP contribution is 2.14. The van der Waals surface area contributed by atoms with Gasteiger partial charge in [-0.05, 0) is 116 Å². The molecule has 0 aliphatic carbocycles. The smallest absolute Gasteiger partial charge is 0.306 e. The van der Waals surface area contributed by atoms with E-state index in [0.717, 1.165) is 128 Å². The van der Waals surface area contributed by atoms with Crippen LogP contribution in [-0.2, 0) is 28.6 Å². The van der Waals surface area contributed by atoms with E-state index in [4.69, 9.17) is 14.2 Å². The van der Waals surface area contributed by atoms with Crippen molar-refractivity contribution < 1.29 is 28.6 Å². The van der Waals surface area contributed by atoms with E-state index in [0.29, 0.717) is 19.3 Å². The van der Waals surface area contributed by atoms with Crippen molar-refractivity contribution in [1.29, 1.82) is 0 Å². The molecule has 1 unspecified atom stereocenters. The van der Waals surface area contributed by atoms with Gasteiger partial charge in [0.2, 0.25) is 0 Å². The summed E-state index contributed by atoms with van der Waals surface area (Å²) in [6.07, 6.45) is 72.8. The first kappa shape index (κ1) is 64.6. The Hall–Kier alpha value is -3.41. The van der Waals surface area contributed by atoms with E-state index in [1.54, 1.807) is 0 Å². The maximum atomic E-state index is 12.8. The van der Waals surface area contributed by atoms with Gasteiger partial charge < -0.3 is 14.2 Å². The van der Waals surface area contributed by atoms with E-state index in [1.165, 1.54) is 103 Å². The second-order valence-electron chi connectivity index (χ2n) is 18.8. The molecule has 6 nitrogen and oxygen atoms in total. The zero-order chi connectivity index (χ0) is 49.3. The van der Waals surface area contributed by atoms with Gasteiger partial charge >= 0.3 is 17.9 Å². The predicted molar refractivity (Wildman–Crippen MR) is 293 cm³/mol. The fourth-order valence-corrected chi connectivity index (χ4v) is 7.81. The number of rotatable bonds is 51. The fraction of sp³-hybridized carbons (Fsp3) is 0.726. The van der Waals surface area contributed by atoms with Gasteiger partial charge in [0.15, 0.2) is 6.10 Å². The molecule has 0 heterocycles. The van der Waals surface area contributed by atoms with Gasteiger partial charge in [0.25, 0.3) is 0 Å². The lowest BCUT2D eigenvalue weighted by atomic mass is 10.1. The van der Waals surface area contributed by atoms with Crippen LogP contribution in [0.4, 0.5) is 0 Å². The minimum Gasteiger partial charge on any atom is -0.462 e. The average Bonchev–Trinajstić information content (AvgIpc) is 3.34. The zero-order valence-electron chi connectivity index (χ0n) is 44.6. The molecule has 0 aliphatic heterocycles. The number of carbonyl (C=O) groups is 3. The SMILES string of the molecule is CC/C=C\C/C=C\C/C=C\C/C=C\C/C=C\CCCCCCCC(=O)OCC(COC(=O)CCCCCCC/C=C\CCCCCCC)OC(=O)CCCCCCC/C=C\CCCCCCCC. The van der Waals surface area contributed by atoms with E-state index in [9.17, 15) is 14.4 Å². The number of allylic oxidation sites excluding steroid dienone is 14. The Bertz CT molecular complexity index is 1320. The summed E-state index contributed by atoms with van der Waals surface area (Å²) in [7, 11) is 0. The van der Waals surface area contributed by atoms with Gasteiger partial charge in [0, 0.05) is 19.3 Å². The molecule has 0 saturated heterocycles. The Morgan fingerprint density at radius 3 is 0.912 bits per heavy atom. The molecule has 0 spiro atoms. The summed E-state index contributed by atoms with van der Waals surface area (Å²) in [5.74, 6) is -0.921. The van der Waals surface area contributed by atoms with Crippen molar-refractivity contribution in [1.82, 2.24) is 0 Å².